The minimum atomic E-state index is -0.290. The van der Waals surface area contributed by atoms with Gasteiger partial charge in [0.15, 0.2) is 0 Å². The molecule has 1 aromatic carbocycles. The van der Waals surface area contributed by atoms with E-state index in [1.165, 1.54) is 6.07 Å². The lowest BCUT2D eigenvalue weighted by Crippen LogP contribution is -2.39. The molecule has 4 heteroatoms. The van der Waals surface area contributed by atoms with Crippen molar-refractivity contribution in [3.63, 3.8) is 0 Å². The fourth-order valence-electron chi connectivity index (χ4n) is 2.21. The van der Waals surface area contributed by atoms with Crippen LogP contribution in [0.3, 0.4) is 0 Å². The summed E-state index contributed by atoms with van der Waals surface area (Å²) >= 11 is 1.99. The number of nitrogens with zero attached hydrogens (tertiary/aromatic N) is 1. The van der Waals surface area contributed by atoms with Crippen LogP contribution in [0.15, 0.2) is 18.2 Å². The monoisotopic (exact) mass is 293 g/mol. The molecule has 108 valence electrons. The average molecular weight is 293 g/mol. The van der Waals surface area contributed by atoms with Crippen LogP contribution in [0.5, 0.6) is 0 Å². The first-order valence-corrected chi connectivity index (χ1v) is 8.06. The molecule has 1 N–H and O–H groups in total. The maximum absolute atomic E-state index is 13.7. The molecule has 0 radical (unpaired) electrons. The third kappa shape index (κ3) is 4.24. The molecular weight excluding hydrogens is 273 g/mol. The molecule has 0 aliphatic carbocycles. The normalized spacial score (nSPS) is 19.4. The third-order valence-corrected chi connectivity index (χ3v) is 4.57. The molecule has 1 fully saturated rings. The quantitative estimate of drug-likeness (QED) is 0.866. The number of halogens is 1. The molecule has 0 spiro atoms. The Bertz CT molecular complexity index is 509. The lowest BCUT2D eigenvalue weighted by atomic mass is 10.1. The second kappa shape index (κ2) is 7.68. The summed E-state index contributed by atoms with van der Waals surface area (Å²) < 4.78 is 13.7. The maximum atomic E-state index is 13.7. The van der Waals surface area contributed by atoms with Crippen LogP contribution in [0.2, 0.25) is 0 Å². The molecule has 1 aliphatic rings. The van der Waals surface area contributed by atoms with Gasteiger partial charge in [-0.1, -0.05) is 17.9 Å². The smallest absolute Gasteiger partial charge is 0.138 e. The fraction of sp³-hybridized carbons (Fsp3) is 0.500. The first-order chi connectivity index (χ1) is 9.70. The number of rotatable bonds is 3. The standard InChI is InChI=1S/C16H20FNOS/c1-13-12-20-9-7-18(13)11-14-5-6-16(17)15(10-14)4-2-3-8-19/h5-6,10,13,19H,3,7-9,11-12H2,1H3. The summed E-state index contributed by atoms with van der Waals surface area (Å²) in [5.74, 6) is 7.60. The molecule has 1 aliphatic heterocycles. The van der Waals surface area contributed by atoms with Crippen molar-refractivity contribution >= 4 is 11.8 Å². The minimum Gasteiger partial charge on any atom is -0.395 e. The van der Waals surface area contributed by atoms with E-state index in [1.807, 2.05) is 23.9 Å². The van der Waals surface area contributed by atoms with E-state index in [4.69, 9.17) is 5.11 Å². The number of benzene rings is 1. The topological polar surface area (TPSA) is 23.5 Å². The summed E-state index contributed by atoms with van der Waals surface area (Å²) in [6.45, 7) is 4.17. The van der Waals surface area contributed by atoms with Gasteiger partial charge in [-0.25, -0.2) is 4.39 Å². The van der Waals surface area contributed by atoms with Gasteiger partial charge < -0.3 is 5.11 Å². The van der Waals surface area contributed by atoms with Gasteiger partial charge in [0.25, 0.3) is 0 Å². The van der Waals surface area contributed by atoms with Gasteiger partial charge in [-0.3, -0.25) is 4.90 Å². The number of aliphatic hydroxyl groups excluding tert-OH is 1. The zero-order valence-corrected chi connectivity index (χ0v) is 12.5. The van der Waals surface area contributed by atoms with Crippen LogP contribution in [0.1, 0.15) is 24.5 Å². The maximum Gasteiger partial charge on any atom is 0.138 e. The summed E-state index contributed by atoms with van der Waals surface area (Å²) in [5.41, 5.74) is 1.52. The predicted octanol–water partition coefficient (Wildman–Crippen LogP) is 2.50. The number of hydrogen-bond donors (Lipinski definition) is 1. The Morgan fingerprint density at radius 1 is 1.50 bits per heavy atom. The summed E-state index contributed by atoms with van der Waals surface area (Å²) in [6, 6.07) is 5.71. The van der Waals surface area contributed by atoms with E-state index in [0.29, 0.717) is 18.0 Å². The Hall–Kier alpha value is -1.02. The Morgan fingerprint density at radius 3 is 3.10 bits per heavy atom. The number of aliphatic hydroxyl groups is 1. The number of hydrogen-bond acceptors (Lipinski definition) is 3. The van der Waals surface area contributed by atoms with Crippen molar-refractivity contribution in [2.24, 2.45) is 0 Å². The van der Waals surface area contributed by atoms with Crippen molar-refractivity contribution in [1.82, 2.24) is 4.90 Å². The van der Waals surface area contributed by atoms with Gasteiger partial charge in [0.05, 0.1) is 12.2 Å². The van der Waals surface area contributed by atoms with Gasteiger partial charge in [0, 0.05) is 37.1 Å². The van der Waals surface area contributed by atoms with Gasteiger partial charge in [0.1, 0.15) is 5.82 Å². The van der Waals surface area contributed by atoms with Crippen molar-refractivity contribution in [3.05, 3.63) is 35.1 Å². The van der Waals surface area contributed by atoms with Crippen LogP contribution in [0.4, 0.5) is 4.39 Å². The molecule has 0 bridgehead atoms. The van der Waals surface area contributed by atoms with E-state index in [2.05, 4.69) is 23.7 Å². The lowest BCUT2D eigenvalue weighted by Gasteiger charge is -2.33. The highest BCUT2D eigenvalue weighted by atomic mass is 32.2. The zero-order valence-electron chi connectivity index (χ0n) is 11.7. The predicted molar refractivity (Wildman–Crippen MR) is 82.2 cm³/mol. The molecule has 1 unspecified atom stereocenters. The van der Waals surface area contributed by atoms with Gasteiger partial charge in [-0.15, -0.1) is 0 Å². The van der Waals surface area contributed by atoms with Crippen molar-refractivity contribution in [2.45, 2.75) is 25.9 Å². The average Bonchev–Trinajstić information content (AvgIpc) is 2.45. The first kappa shape index (κ1) is 15.4. The second-order valence-electron chi connectivity index (χ2n) is 4.98. The Balaban J connectivity index is 2.09. The molecule has 20 heavy (non-hydrogen) atoms. The van der Waals surface area contributed by atoms with Gasteiger partial charge >= 0.3 is 0 Å². The van der Waals surface area contributed by atoms with Crippen LogP contribution in [-0.2, 0) is 6.54 Å². The molecule has 1 heterocycles. The van der Waals surface area contributed by atoms with Crippen molar-refractivity contribution in [2.75, 3.05) is 24.7 Å². The van der Waals surface area contributed by atoms with E-state index in [-0.39, 0.29) is 12.4 Å². The van der Waals surface area contributed by atoms with Crippen molar-refractivity contribution < 1.29 is 9.50 Å². The van der Waals surface area contributed by atoms with Crippen LogP contribution < -0.4 is 0 Å². The van der Waals surface area contributed by atoms with E-state index in [9.17, 15) is 4.39 Å². The van der Waals surface area contributed by atoms with Crippen LogP contribution in [0, 0.1) is 17.7 Å². The Kier molecular flexibility index (Phi) is 5.90. The van der Waals surface area contributed by atoms with Gasteiger partial charge in [-0.05, 0) is 24.6 Å². The molecule has 0 saturated carbocycles. The molecule has 0 aromatic heterocycles. The zero-order chi connectivity index (χ0) is 14.4. The summed E-state index contributed by atoms with van der Waals surface area (Å²) in [6.07, 6.45) is 0.379. The van der Waals surface area contributed by atoms with E-state index in [1.54, 1.807) is 0 Å². The molecule has 1 saturated heterocycles. The molecule has 0 amide bonds. The van der Waals surface area contributed by atoms with Gasteiger partial charge in [0.2, 0.25) is 0 Å². The first-order valence-electron chi connectivity index (χ1n) is 6.90. The van der Waals surface area contributed by atoms with E-state index < -0.39 is 0 Å². The lowest BCUT2D eigenvalue weighted by molar-refractivity contribution is 0.224. The fourth-order valence-corrected chi connectivity index (χ4v) is 3.29. The van der Waals surface area contributed by atoms with E-state index in [0.717, 1.165) is 30.2 Å². The molecule has 1 atom stereocenters. The Morgan fingerprint density at radius 2 is 2.35 bits per heavy atom. The molecular formula is C16H20FNOS. The third-order valence-electron chi connectivity index (χ3n) is 3.38. The van der Waals surface area contributed by atoms with Gasteiger partial charge in [-0.2, -0.15) is 11.8 Å². The summed E-state index contributed by atoms with van der Waals surface area (Å²) in [4.78, 5) is 2.43. The summed E-state index contributed by atoms with van der Waals surface area (Å²) in [7, 11) is 0. The van der Waals surface area contributed by atoms with Crippen molar-refractivity contribution in [1.29, 1.82) is 0 Å². The van der Waals surface area contributed by atoms with Crippen LogP contribution in [0.25, 0.3) is 0 Å². The summed E-state index contributed by atoms with van der Waals surface area (Å²) in [5, 5.41) is 8.71. The highest BCUT2D eigenvalue weighted by Gasteiger charge is 2.18. The molecule has 2 rings (SSSR count). The molecule has 2 nitrogen and oxygen atoms in total. The van der Waals surface area contributed by atoms with Crippen molar-refractivity contribution in [3.8, 4) is 11.8 Å². The highest BCUT2D eigenvalue weighted by molar-refractivity contribution is 7.99. The second-order valence-corrected chi connectivity index (χ2v) is 6.13. The van der Waals surface area contributed by atoms with Crippen LogP contribution in [-0.4, -0.2) is 40.7 Å². The number of thioether (sulfide) groups is 1. The largest absolute Gasteiger partial charge is 0.395 e. The minimum absolute atomic E-state index is 0.0112. The van der Waals surface area contributed by atoms with Crippen LogP contribution >= 0.6 is 11.8 Å². The highest BCUT2D eigenvalue weighted by Crippen LogP contribution is 2.19. The Labute approximate surface area is 124 Å². The van der Waals surface area contributed by atoms with E-state index >= 15 is 0 Å². The SMILES string of the molecule is CC1CSCCN1Cc1ccc(F)c(C#CCCO)c1. The molecule has 1 aromatic rings.